The maximum atomic E-state index is 4.40. The highest BCUT2D eigenvalue weighted by Crippen LogP contribution is 2.39. The minimum absolute atomic E-state index is 0.707. The van der Waals surface area contributed by atoms with Gasteiger partial charge in [-0.25, -0.2) is 9.97 Å². The standard InChI is InChI=1S/C15H22N4/c1-6-16-15(17-7-1)10-19-9-13(11-2-3-11)18-8-14(19)12-4-5-12/h1,6-7,11-14,18H,2-5,8-10H2. The van der Waals surface area contributed by atoms with Gasteiger partial charge in [0.1, 0.15) is 5.82 Å². The van der Waals surface area contributed by atoms with Crippen LogP contribution >= 0.6 is 0 Å². The van der Waals surface area contributed by atoms with E-state index in [1.54, 1.807) is 0 Å². The van der Waals surface area contributed by atoms with E-state index in [4.69, 9.17) is 0 Å². The summed E-state index contributed by atoms with van der Waals surface area (Å²) in [4.78, 5) is 11.4. The number of piperazine rings is 1. The third-order valence-corrected chi connectivity index (χ3v) is 4.81. The molecule has 102 valence electrons. The molecule has 1 aliphatic heterocycles. The molecule has 2 aliphatic carbocycles. The molecule has 1 aromatic heterocycles. The van der Waals surface area contributed by atoms with E-state index >= 15 is 0 Å². The second-order valence-electron chi connectivity index (χ2n) is 6.35. The van der Waals surface area contributed by atoms with Gasteiger partial charge in [-0.3, -0.25) is 4.90 Å². The highest BCUT2D eigenvalue weighted by atomic mass is 15.3. The van der Waals surface area contributed by atoms with Crippen molar-refractivity contribution in [3.05, 3.63) is 24.3 Å². The lowest BCUT2D eigenvalue weighted by molar-refractivity contribution is 0.0976. The minimum Gasteiger partial charge on any atom is -0.311 e. The fourth-order valence-electron chi connectivity index (χ4n) is 3.39. The lowest BCUT2D eigenvalue weighted by Gasteiger charge is -2.40. The number of nitrogens with one attached hydrogen (secondary N) is 1. The molecule has 0 radical (unpaired) electrons. The van der Waals surface area contributed by atoms with E-state index in [-0.39, 0.29) is 0 Å². The Morgan fingerprint density at radius 3 is 2.53 bits per heavy atom. The average molecular weight is 258 g/mol. The van der Waals surface area contributed by atoms with Gasteiger partial charge in [-0.1, -0.05) is 0 Å². The normalized spacial score (nSPS) is 32.4. The number of nitrogens with zero attached hydrogens (tertiary/aromatic N) is 3. The monoisotopic (exact) mass is 258 g/mol. The van der Waals surface area contributed by atoms with Crippen LogP contribution in [0.25, 0.3) is 0 Å². The van der Waals surface area contributed by atoms with E-state index in [1.807, 2.05) is 18.5 Å². The number of hydrogen-bond acceptors (Lipinski definition) is 4. The van der Waals surface area contributed by atoms with Crippen molar-refractivity contribution in [2.24, 2.45) is 11.8 Å². The second-order valence-corrected chi connectivity index (χ2v) is 6.35. The highest BCUT2D eigenvalue weighted by Gasteiger charge is 2.42. The molecular weight excluding hydrogens is 236 g/mol. The molecule has 1 N–H and O–H groups in total. The molecule has 0 aromatic carbocycles. The van der Waals surface area contributed by atoms with Crippen LogP contribution < -0.4 is 5.32 Å². The summed E-state index contributed by atoms with van der Waals surface area (Å²) in [5.41, 5.74) is 0. The smallest absolute Gasteiger partial charge is 0.142 e. The van der Waals surface area contributed by atoms with Crippen LogP contribution in [0.15, 0.2) is 18.5 Å². The van der Waals surface area contributed by atoms with Crippen molar-refractivity contribution in [1.82, 2.24) is 20.2 Å². The topological polar surface area (TPSA) is 41.1 Å². The molecule has 4 nitrogen and oxygen atoms in total. The summed E-state index contributed by atoms with van der Waals surface area (Å²) >= 11 is 0. The number of aromatic nitrogens is 2. The molecular formula is C15H22N4. The van der Waals surface area contributed by atoms with Crippen LogP contribution in [0.3, 0.4) is 0 Å². The van der Waals surface area contributed by atoms with Gasteiger partial charge in [-0.15, -0.1) is 0 Å². The summed E-state index contributed by atoms with van der Waals surface area (Å²) in [5, 5.41) is 3.79. The number of hydrogen-bond donors (Lipinski definition) is 1. The molecule has 0 bridgehead atoms. The van der Waals surface area contributed by atoms with Gasteiger partial charge in [-0.05, 0) is 43.6 Å². The van der Waals surface area contributed by atoms with Crippen molar-refractivity contribution < 1.29 is 0 Å². The van der Waals surface area contributed by atoms with E-state index in [1.165, 1.54) is 38.8 Å². The van der Waals surface area contributed by atoms with Crippen molar-refractivity contribution in [2.75, 3.05) is 13.1 Å². The lowest BCUT2D eigenvalue weighted by Crippen LogP contribution is -2.57. The summed E-state index contributed by atoms with van der Waals surface area (Å²) in [7, 11) is 0. The van der Waals surface area contributed by atoms with E-state index in [0.29, 0.717) is 12.1 Å². The van der Waals surface area contributed by atoms with Gasteiger partial charge in [0.05, 0.1) is 6.54 Å². The molecule has 2 heterocycles. The van der Waals surface area contributed by atoms with E-state index < -0.39 is 0 Å². The first-order chi connectivity index (χ1) is 9.40. The van der Waals surface area contributed by atoms with Crippen molar-refractivity contribution in [3.8, 4) is 0 Å². The maximum Gasteiger partial charge on any atom is 0.142 e. The van der Waals surface area contributed by atoms with E-state index in [0.717, 1.165) is 24.2 Å². The fourth-order valence-corrected chi connectivity index (χ4v) is 3.39. The summed E-state index contributed by atoms with van der Waals surface area (Å²) in [6.07, 6.45) is 9.37. The first-order valence-corrected chi connectivity index (χ1v) is 7.63. The second kappa shape index (κ2) is 4.84. The lowest BCUT2D eigenvalue weighted by atomic mass is 10.0. The van der Waals surface area contributed by atoms with Gasteiger partial charge in [0.2, 0.25) is 0 Å². The third-order valence-electron chi connectivity index (χ3n) is 4.81. The molecule has 0 amide bonds. The molecule has 1 saturated heterocycles. The van der Waals surface area contributed by atoms with Crippen molar-refractivity contribution in [1.29, 1.82) is 0 Å². The number of rotatable bonds is 4. The molecule has 2 unspecified atom stereocenters. The Kier molecular flexibility index (Phi) is 3.00. The van der Waals surface area contributed by atoms with Gasteiger partial charge in [0.15, 0.2) is 0 Å². The largest absolute Gasteiger partial charge is 0.311 e. The fraction of sp³-hybridized carbons (Fsp3) is 0.733. The summed E-state index contributed by atoms with van der Waals surface area (Å²) in [6, 6.07) is 3.31. The molecule has 4 heteroatoms. The highest BCUT2D eigenvalue weighted by molar-refractivity contribution is 5.00. The Balaban J connectivity index is 1.47. The Hall–Kier alpha value is -1.00. The molecule has 4 rings (SSSR count). The predicted molar refractivity (Wildman–Crippen MR) is 73.5 cm³/mol. The molecule has 2 atom stereocenters. The molecule has 0 spiro atoms. The molecule has 3 aliphatic rings. The van der Waals surface area contributed by atoms with E-state index in [2.05, 4.69) is 20.2 Å². The van der Waals surface area contributed by atoms with Crippen LogP contribution in [0.1, 0.15) is 31.5 Å². The van der Waals surface area contributed by atoms with Crippen molar-refractivity contribution in [3.63, 3.8) is 0 Å². The summed E-state index contributed by atoms with van der Waals surface area (Å²) in [5.74, 6) is 2.82. The van der Waals surface area contributed by atoms with Crippen LogP contribution in [0.4, 0.5) is 0 Å². The molecule has 1 aromatic rings. The van der Waals surface area contributed by atoms with Crippen LogP contribution in [-0.2, 0) is 6.54 Å². The van der Waals surface area contributed by atoms with Gasteiger partial charge >= 0.3 is 0 Å². The molecule has 2 saturated carbocycles. The van der Waals surface area contributed by atoms with Crippen molar-refractivity contribution >= 4 is 0 Å². The van der Waals surface area contributed by atoms with Crippen molar-refractivity contribution in [2.45, 2.75) is 44.3 Å². The Morgan fingerprint density at radius 1 is 1.11 bits per heavy atom. The predicted octanol–water partition coefficient (Wildman–Crippen LogP) is 1.44. The maximum absolute atomic E-state index is 4.40. The van der Waals surface area contributed by atoms with Crippen LogP contribution in [0.2, 0.25) is 0 Å². The average Bonchev–Trinajstić information content (AvgIpc) is 3.30. The Morgan fingerprint density at radius 2 is 1.84 bits per heavy atom. The Bertz CT molecular complexity index is 427. The Labute approximate surface area is 114 Å². The zero-order valence-electron chi connectivity index (χ0n) is 11.3. The first kappa shape index (κ1) is 11.8. The van der Waals surface area contributed by atoms with Gasteiger partial charge in [0.25, 0.3) is 0 Å². The zero-order chi connectivity index (χ0) is 12.7. The quantitative estimate of drug-likeness (QED) is 0.887. The van der Waals surface area contributed by atoms with Gasteiger partial charge in [-0.2, -0.15) is 0 Å². The summed E-state index contributed by atoms with van der Waals surface area (Å²) in [6.45, 7) is 3.27. The SMILES string of the molecule is c1cnc(CN2CC(C3CC3)NCC2C2CC2)nc1. The van der Waals surface area contributed by atoms with E-state index in [9.17, 15) is 0 Å². The zero-order valence-corrected chi connectivity index (χ0v) is 11.3. The summed E-state index contributed by atoms with van der Waals surface area (Å²) < 4.78 is 0. The third kappa shape index (κ3) is 2.65. The first-order valence-electron chi connectivity index (χ1n) is 7.63. The molecule has 3 fully saturated rings. The molecule has 19 heavy (non-hydrogen) atoms. The van der Waals surface area contributed by atoms with Crippen LogP contribution in [0, 0.1) is 11.8 Å². The minimum atomic E-state index is 0.707. The van der Waals surface area contributed by atoms with Gasteiger partial charge in [0, 0.05) is 37.6 Å². The van der Waals surface area contributed by atoms with Crippen LogP contribution in [-0.4, -0.2) is 40.0 Å². The van der Waals surface area contributed by atoms with Crippen LogP contribution in [0.5, 0.6) is 0 Å². The van der Waals surface area contributed by atoms with Gasteiger partial charge < -0.3 is 5.32 Å².